The smallest absolute Gasteiger partial charge is 0.254 e. The summed E-state index contributed by atoms with van der Waals surface area (Å²) in [5, 5.41) is 0. The van der Waals surface area contributed by atoms with E-state index < -0.39 is 9.84 Å². The molecule has 4 fully saturated rings. The van der Waals surface area contributed by atoms with Gasteiger partial charge in [0.1, 0.15) is 0 Å². The third-order valence-corrected chi connectivity index (χ3v) is 6.83. The molecule has 2 unspecified atom stereocenters. The van der Waals surface area contributed by atoms with Gasteiger partial charge < -0.3 is 4.90 Å². The molecule has 2 aliphatic heterocycles. The number of carbonyl (C=O) groups is 1. The molecule has 2 atom stereocenters. The molecule has 0 spiro atoms. The topological polar surface area (TPSA) is 54.5 Å². The first-order chi connectivity index (χ1) is 11.4. The van der Waals surface area contributed by atoms with Gasteiger partial charge in [0.15, 0.2) is 9.84 Å². The fourth-order valence-corrected chi connectivity index (χ4v) is 6.08. The first-order valence-electron chi connectivity index (χ1n) is 8.95. The Bertz CT molecular complexity index is 744. The van der Waals surface area contributed by atoms with E-state index in [0.717, 1.165) is 31.2 Å². The molecule has 24 heavy (non-hydrogen) atoms. The average molecular weight is 347 g/mol. The Morgan fingerprint density at radius 2 is 1.75 bits per heavy atom. The second-order valence-electron chi connectivity index (χ2n) is 8.16. The number of rotatable bonds is 3. The lowest BCUT2D eigenvalue weighted by atomic mass is 9.68. The molecule has 4 bridgehead atoms. The number of sulfone groups is 1. The molecule has 130 valence electrons. The van der Waals surface area contributed by atoms with E-state index in [0.29, 0.717) is 23.1 Å². The van der Waals surface area contributed by atoms with Crippen molar-refractivity contribution >= 4 is 15.7 Å². The summed E-state index contributed by atoms with van der Waals surface area (Å²) < 4.78 is 23.0. The van der Waals surface area contributed by atoms with Crippen LogP contribution in [0, 0.1) is 17.8 Å². The van der Waals surface area contributed by atoms with E-state index in [9.17, 15) is 13.2 Å². The van der Waals surface area contributed by atoms with Gasteiger partial charge in [-0.1, -0.05) is 12.1 Å². The maximum atomic E-state index is 13.1. The van der Waals surface area contributed by atoms with Crippen LogP contribution >= 0.6 is 0 Å². The highest BCUT2D eigenvalue weighted by atomic mass is 32.2. The molecule has 2 saturated carbocycles. The molecule has 0 N–H and O–H groups in total. The molecular formula is C19H25NO3S. The van der Waals surface area contributed by atoms with Gasteiger partial charge in [-0.05, 0) is 67.6 Å². The summed E-state index contributed by atoms with van der Waals surface area (Å²) in [6.45, 7) is 0.882. The lowest BCUT2D eigenvalue weighted by Crippen LogP contribution is -2.42. The molecule has 2 saturated heterocycles. The quantitative estimate of drug-likeness (QED) is 0.845. The van der Waals surface area contributed by atoms with Crippen LogP contribution in [0.1, 0.15) is 48.0 Å². The van der Waals surface area contributed by atoms with Crippen molar-refractivity contribution in [3.63, 3.8) is 0 Å². The van der Waals surface area contributed by atoms with Crippen molar-refractivity contribution in [1.29, 1.82) is 0 Å². The molecule has 4 nitrogen and oxygen atoms in total. The van der Waals surface area contributed by atoms with Crippen LogP contribution in [-0.2, 0) is 15.6 Å². The van der Waals surface area contributed by atoms with Crippen molar-refractivity contribution in [3.8, 4) is 0 Å². The first kappa shape index (κ1) is 16.1. The molecule has 5 heteroatoms. The molecule has 2 aliphatic carbocycles. The SMILES string of the molecule is CS(=O)(=O)Cc1cccc(C(=O)N2CC3CC4CC(C3)CC2C4)c1. The van der Waals surface area contributed by atoms with Crippen molar-refractivity contribution < 1.29 is 13.2 Å². The van der Waals surface area contributed by atoms with E-state index in [-0.39, 0.29) is 11.7 Å². The highest BCUT2D eigenvalue weighted by Crippen LogP contribution is 2.47. The Hall–Kier alpha value is -1.36. The molecule has 1 amide bonds. The highest BCUT2D eigenvalue weighted by Gasteiger charge is 2.44. The zero-order valence-electron chi connectivity index (χ0n) is 14.1. The van der Waals surface area contributed by atoms with Gasteiger partial charge in [-0.15, -0.1) is 0 Å². The largest absolute Gasteiger partial charge is 0.335 e. The monoisotopic (exact) mass is 347 g/mol. The Labute approximate surface area is 144 Å². The van der Waals surface area contributed by atoms with E-state index in [1.807, 2.05) is 6.07 Å². The van der Waals surface area contributed by atoms with Crippen LogP contribution in [0.25, 0.3) is 0 Å². The maximum absolute atomic E-state index is 13.1. The fourth-order valence-electron chi connectivity index (χ4n) is 5.30. The normalized spacial score (nSPS) is 32.0. The van der Waals surface area contributed by atoms with Crippen LogP contribution in [0.3, 0.4) is 0 Å². The summed E-state index contributed by atoms with van der Waals surface area (Å²) in [7, 11) is -3.09. The zero-order chi connectivity index (χ0) is 16.9. The van der Waals surface area contributed by atoms with Crippen molar-refractivity contribution in [2.24, 2.45) is 17.8 Å². The number of nitrogens with zero attached hydrogens (tertiary/aromatic N) is 1. The summed E-state index contributed by atoms with van der Waals surface area (Å²) in [4.78, 5) is 15.2. The van der Waals surface area contributed by atoms with Gasteiger partial charge >= 0.3 is 0 Å². The van der Waals surface area contributed by atoms with E-state index >= 15 is 0 Å². The van der Waals surface area contributed by atoms with Gasteiger partial charge in [0, 0.05) is 24.4 Å². The summed E-state index contributed by atoms with van der Waals surface area (Å²) in [5.74, 6) is 2.35. The Kier molecular flexibility index (Phi) is 3.94. The van der Waals surface area contributed by atoms with Crippen molar-refractivity contribution in [2.45, 2.75) is 43.9 Å². The average Bonchev–Trinajstić information content (AvgIpc) is 2.69. The molecular weight excluding hydrogens is 322 g/mol. The molecule has 0 radical (unpaired) electrons. The minimum absolute atomic E-state index is 0.00960. The Morgan fingerprint density at radius 3 is 2.42 bits per heavy atom. The minimum atomic E-state index is -3.09. The summed E-state index contributed by atoms with van der Waals surface area (Å²) in [6, 6.07) is 7.55. The van der Waals surface area contributed by atoms with Gasteiger partial charge in [0.05, 0.1) is 5.75 Å². The summed E-state index contributed by atoms with van der Waals surface area (Å²) in [5.41, 5.74) is 1.33. The molecule has 2 heterocycles. The number of hydrogen-bond acceptors (Lipinski definition) is 3. The van der Waals surface area contributed by atoms with Crippen LogP contribution in [0.2, 0.25) is 0 Å². The summed E-state index contributed by atoms with van der Waals surface area (Å²) >= 11 is 0. The van der Waals surface area contributed by atoms with E-state index in [1.165, 1.54) is 25.5 Å². The zero-order valence-corrected chi connectivity index (χ0v) is 15.0. The van der Waals surface area contributed by atoms with Crippen molar-refractivity contribution in [3.05, 3.63) is 35.4 Å². The van der Waals surface area contributed by atoms with Crippen molar-refractivity contribution in [1.82, 2.24) is 4.90 Å². The van der Waals surface area contributed by atoms with Gasteiger partial charge in [-0.2, -0.15) is 0 Å². The molecule has 4 aliphatic rings. The Balaban J connectivity index is 1.58. The number of fused-ring (bicyclic) bond motifs is 1. The summed E-state index contributed by atoms with van der Waals surface area (Å²) in [6.07, 6.45) is 7.46. The predicted octanol–water partition coefficient (Wildman–Crippen LogP) is 2.88. The molecule has 5 rings (SSSR count). The van der Waals surface area contributed by atoms with Crippen molar-refractivity contribution in [2.75, 3.05) is 12.8 Å². The number of hydrogen-bond donors (Lipinski definition) is 0. The molecule has 0 aromatic heterocycles. The predicted molar refractivity (Wildman–Crippen MR) is 93.4 cm³/mol. The van der Waals surface area contributed by atoms with Crippen LogP contribution in [-0.4, -0.2) is 38.1 Å². The minimum Gasteiger partial charge on any atom is -0.335 e. The van der Waals surface area contributed by atoms with Crippen LogP contribution < -0.4 is 0 Å². The first-order valence-corrected chi connectivity index (χ1v) is 11.0. The number of benzene rings is 1. The molecule has 1 aromatic rings. The van der Waals surface area contributed by atoms with Gasteiger partial charge in [-0.25, -0.2) is 8.42 Å². The van der Waals surface area contributed by atoms with Gasteiger partial charge in [-0.3, -0.25) is 4.79 Å². The van der Waals surface area contributed by atoms with Crippen LogP contribution in [0.4, 0.5) is 0 Å². The Morgan fingerprint density at radius 1 is 1.08 bits per heavy atom. The molecule has 1 aromatic carbocycles. The highest BCUT2D eigenvalue weighted by molar-refractivity contribution is 7.89. The number of carbonyl (C=O) groups excluding carboxylic acids is 1. The third-order valence-electron chi connectivity index (χ3n) is 5.97. The van der Waals surface area contributed by atoms with E-state index in [1.54, 1.807) is 18.2 Å². The van der Waals surface area contributed by atoms with Crippen LogP contribution in [0.5, 0.6) is 0 Å². The second kappa shape index (κ2) is 5.87. The van der Waals surface area contributed by atoms with Gasteiger partial charge in [0.2, 0.25) is 0 Å². The third kappa shape index (κ3) is 3.23. The van der Waals surface area contributed by atoms with Crippen LogP contribution in [0.15, 0.2) is 24.3 Å². The standard InChI is InChI=1S/C19H25NO3S/c1-24(22,23)12-13-3-2-4-17(8-13)19(21)20-11-16-6-14-5-15(7-16)10-18(20)9-14/h2-4,8,14-16,18H,5-7,9-12H2,1H3. The van der Waals surface area contributed by atoms with Gasteiger partial charge in [0.25, 0.3) is 5.91 Å². The lowest BCUT2D eigenvalue weighted by molar-refractivity contribution is 0.0632. The van der Waals surface area contributed by atoms with E-state index in [4.69, 9.17) is 0 Å². The second-order valence-corrected chi connectivity index (χ2v) is 10.3. The lowest BCUT2D eigenvalue weighted by Gasteiger charge is -2.39. The number of amides is 1. The fraction of sp³-hybridized carbons (Fsp3) is 0.632. The van der Waals surface area contributed by atoms with E-state index in [2.05, 4.69) is 4.90 Å². The maximum Gasteiger partial charge on any atom is 0.254 e.